The average molecular weight is 219 g/mol. The van der Waals surface area contributed by atoms with Crippen molar-refractivity contribution < 1.29 is 0 Å². The van der Waals surface area contributed by atoms with Crippen molar-refractivity contribution in [1.82, 2.24) is 0 Å². The number of rotatable bonds is 3. The van der Waals surface area contributed by atoms with E-state index in [0.717, 1.165) is 6.42 Å². The van der Waals surface area contributed by atoms with Crippen molar-refractivity contribution in [2.24, 2.45) is 17.1 Å². The monoisotopic (exact) mass is 219 g/mol. The van der Waals surface area contributed by atoms with Gasteiger partial charge in [-0.05, 0) is 28.9 Å². The normalized spacial score (nSPS) is 14.2. The molecular formula is C15H25N. The van der Waals surface area contributed by atoms with Gasteiger partial charge in [0.2, 0.25) is 0 Å². The molecule has 90 valence electrons. The third-order valence-electron chi connectivity index (χ3n) is 2.92. The minimum Gasteiger partial charge on any atom is -0.324 e. The quantitative estimate of drug-likeness (QED) is 0.819. The summed E-state index contributed by atoms with van der Waals surface area (Å²) in [6.45, 7) is 11.0. The van der Waals surface area contributed by atoms with E-state index in [-0.39, 0.29) is 11.5 Å². The van der Waals surface area contributed by atoms with Crippen LogP contribution in [0.3, 0.4) is 0 Å². The van der Waals surface area contributed by atoms with E-state index >= 15 is 0 Å². The Morgan fingerprint density at radius 1 is 1.06 bits per heavy atom. The first-order valence-electron chi connectivity index (χ1n) is 6.15. The zero-order chi connectivity index (χ0) is 12.3. The van der Waals surface area contributed by atoms with Crippen molar-refractivity contribution in [3.63, 3.8) is 0 Å². The lowest BCUT2D eigenvalue weighted by Gasteiger charge is -2.27. The van der Waals surface area contributed by atoms with Gasteiger partial charge in [0.15, 0.2) is 0 Å². The van der Waals surface area contributed by atoms with Crippen LogP contribution < -0.4 is 5.73 Å². The SMILES string of the molecule is CC(C)Cc1ccc(C(N)C(C)(C)C)cc1. The fourth-order valence-electron chi connectivity index (χ4n) is 1.83. The highest BCUT2D eigenvalue weighted by Crippen LogP contribution is 2.30. The van der Waals surface area contributed by atoms with Gasteiger partial charge in [-0.2, -0.15) is 0 Å². The molecule has 1 atom stereocenters. The second-order valence-electron chi connectivity index (χ2n) is 6.18. The van der Waals surface area contributed by atoms with E-state index in [0.29, 0.717) is 5.92 Å². The molecule has 0 bridgehead atoms. The summed E-state index contributed by atoms with van der Waals surface area (Å²) in [7, 11) is 0. The standard InChI is InChI=1S/C15H25N/c1-11(2)10-12-6-8-13(9-7-12)14(16)15(3,4)5/h6-9,11,14H,10,16H2,1-5H3. The molecular weight excluding hydrogens is 194 g/mol. The van der Waals surface area contributed by atoms with Crippen LogP contribution in [0.15, 0.2) is 24.3 Å². The largest absolute Gasteiger partial charge is 0.324 e. The summed E-state index contributed by atoms with van der Waals surface area (Å²) in [5, 5.41) is 0. The van der Waals surface area contributed by atoms with Crippen LogP contribution in [0, 0.1) is 11.3 Å². The molecule has 2 N–H and O–H groups in total. The van der Waals surface area contributed by atoms with Gasteiger partial charge in [0, 0.05) is 6.04 Å². The molecule has 1 heteroatoms. The van der Waals surface area contributed by atoms with Crippen LogP contribution in [-0.4, -0.2) is 0 Å². The summed E-state index contributed by atoms with van der Waals surface area (Å²) >= 11 is 0. The van der Waals surface area contributed by atoms with Crippen LogP contribution in [0.1, 0.15) is 51.8 Å². The molecule has 0 saturated heterocycles. The summed E-state index contributed by atoms with van der Waals surface area (Å²) in [6.07, 6.45) is 1.14. The third-order valence-corrected chi connectivity index (χ3v) is 2.92. The second-order valence-corrected chi connectivity index (χ2v) is 6.18. The average Bonchev–Trinajstić information content (AvgIpc) is 2.15. The number of nitrogens with two attached hydrogens (primary N) is 1. The minimum absolute atomic E-state index is 0.112. The van der Waals surface area contributed by atoms with E-state index in [9.17, 15) is 0 Å². The van der Waals surface area contributed by atoms with Gasteiger partial charge < -0.3 is 5.73 Å². The van der Waals surface area contributed by atoms with Gasteiger partial charge in [0.25, 0.3) is 0 Å². The molecule has 0 aromatic heterocycles. The highest BCUT2D eigenvalue weighted by molar-refractivity contribution is 5.26. The van der Waals surface area contributed by atoms with Gasteiger partial charge in [-0.25, -0.2) is 0 Å². The van der Waals surface area contributed by atoms with E-state index in [1.165, 1.54) is 11.1 Å². The smallest absolute Gasteiger partial charge is 0.0344 e. The predicted octanol–water partition coefficient (Wildman–Crippen LogP) is 3.93. The Morgan fingerprint density at radius 2 is 1.56 bits per heavy atom. The molecule has 1 aromatic carbocycles. The third kappa shape index (κ3) is 3.64. The van der Waals surface area contributed by atoms with Gasteiger partial charge in [-0.3, -0.25) is 0 Å². The van der Waals surface area contributed by atoms with E-state index < -0.39 is 0 Å². The van der Waals surface area contributed by atoms with Crippen molar-refractivity contribution in [2.75, 3.05) is 0 Å². The molecule has 0 heterocycles. The van der Waals surface area contributed by atoms with E-state index in [4.69, 9.17) is 5.73 Å². The zero-order valence-corrected chi connectivity index (χ0v) is 11.2. The summed E-state index contributed by atoms with van der Waals surface area (Å²) in [5.41, 5.74) is 8.99. The molecule has 0 radical (unpaired) electrons. The lowest BCUT2D eigenvalue weighted by molar-refractivity contribution is 0.327. The Balaban J connectivity index is 2.79. The number of hydrogen-bond acceptors (Lipinski definition) is 1. The molecule has 1 nitrogen and oxygen atoms in total. The predicted molar refractivity (Wildman–Crippen MR) is 71.4 cm³/mol. The number of hydrogen-bond donors (Lipinski definition) is 1. The molecule has 0 spiro atoms. The van der Waals surface area contributed by atoms with Crippen molar-refractivity contribution in [1.29, 1.82) is 0 Å². The Labute approximate surface area is 100 Å². The fraction of sp³-hybridized carbons (Fsp3) is 0.600. The molecule has 16 heavy (non-hydrogen) atoms. The Bertz CT molecular complexity index is 316. The fourth-order valence-corrected chi connectivity index (χ4v) is 1.83. The summed E-state index contributed by atoms with van der Waals surface area (Å²) < 4.78 is 0. The van der Waals surface area contributed by atoms with Crippen LogP contribution in [0.5, 0.6) is 0 Å². The first-order valence-corrected chi connectivity index (χ1v) is 6.15. The first-order chi connectivity index (χ1) is 7.30. The first kappa shape index (κ1) is 13.2. The lowest BCUT2D eigenvalue weighted by atomic mass is 9.83. The topological polar surface area (TPSA) is 26.0 Å². The highest BCUT2D eigenvalue weighted by Gasteiger charge is 2.21. The van der Waals surface area contributed by atoms with Crippen LogP contribution in [0.2, 0.25) is 0 Å². The van der Waals surface area contributed by atoms with Crippen LogP contribution in [0.4, 0.5) is 0 Å². The Hall–Kier alpha value is -0.820. The van der Waals surface area contributed by atoms with Crippen molar-refractivity contribution >= 4 is 0 Å². The van der Waals surface area contributed by atoms with Crippen molar-refractivity contribution in [3.8, 4) is 0 Å². The Morgan fingerprint density at radius 3 is 1.94 bits per heavy atom. The maximum atomic E-state index is 6.22. The Kier molecular flexibility index (Phi) is 4.15. The number of benzene rings is 1. The van der Waals surface area contributed by atoms with Gasteiger partial charge >= 0.3 is 0 Å². The van der Waals surface area contributed by atoms with Gasteiger partial charge in [0.05, 0.1) is 0 Å². The molecule has 0 saturated carbocycles. The summed E-state index contributed by atoms with van der Waals surface area (Å²) in [5.74, 6) is 0.710. The molecule has 0 aliphatic carbocycles. The van der Waals surface area contributed by atoms with E-state index in [1.54, 1.807) is 0 Å². The molecule has 0 aliphatic rings. The van der Waals surface area contributed by atoms with Gasteiger partial charge in [-0.1, -0.05) is 58.9 Å². The van der Waals surface area contributed by atoms with Gasteiger partial charge in [-0.15, -0.1) is 0 Å². The lowest BCUT2D eigenvalue weighted by Crippen LogP contribution is -2.26. The molecule has 1 unspecified atom stereocenters. The van der Waals surface area contributed by atoms with E-state index in [2.05, 4.69) is 58.9 Å². The summed E-state index contributed by atoms with van der Waals surface area (Å²) in [4.78, 5) is 0. The summed E-state index contributed by atoms with van der Waals surface area (Å²) in [6, 6.07) is 8.88. The maximum absolute atomic E-state index is 6.22. The van der Waals surface area contributed by atoms with Crippen LogP contribution >= 0.6 is 0 Å². The van der Waals surface area contributed by atoms with Crippen LogP contribution in [-0.2, 0) is 6.42 Å². The molecule has 1 rings (SSSR count). The van der Waals surface area contributed by atoms with E-state index in [1.807, 2.05) is 0 Å². The second kappa shape index (κ2) is 5.01. The molecule has 0 fully saturated rings. The van der Waals surface area contributed by atoms with Crippen molar-refractivity contribution in [3.05, 3.63) is 35.4 Å². The van der Waals surface area contributed by atoms with Gasteiger partial charge in [0.1, 0.15) is 0 Å². The highest BCUT2D eigenvalue weighted by atomic mass is 14.7. The molecule has 0 aliphatic heterocycles. The molecule has 0 amide bonds. The molecule has 1 aromatic rings. The maximum Gasteiger partial charge on any atom is 0.0344 e. The van der Waals surface area contributed by atoms with Crippen LogP contribution in [0.25, 0.3) is 0 Å². The minimum atomic E-state index is 0.112. The zero-order valence-electron chi connectivity index (χ0n) is 11.2. The van der Waals surface area contributed by atoms with Crippen molar-refractivity contribution in [2.45, 2.75) is 47.1 Å².